The van der Waals surface area contributed by atoms with Crippen molar-refractivity contribution in [2.45, 2.75) is 6.92 Å². The summed E-state index contributed by atoms with van der Waals surface area (Å²) in [7, 11) is 0. The second-order valence-electron chi connectivity index (χ2n) is 7.88. The Balaban J connectivity index is 1.45. The largest absolute Gasteiger partial charge is 0.368 e. The molecule has 2 N–H and O–H groups in total. The molecule has 2 aromatic carbocycles. The molecule has 5 rings (SSSR count). The molecule has 5 nitrogen and oxygen atoms in total. The molecule has 2 atom stereocenters. The van der Waals surface area contributed by atoms with E-state index in [0.717, 1.165) is 60.2 Å². The van der Waals surface area contributed by atoms with Gasteiger partial charge in [0.1, 0.15) is 5.82 Å². The SMILES string of the molecule is Cc1ccc(-c2cc(NCC3C4CNCC43)nn2-c2ccc(C#N)cc2)cc1. The van der Waals surface area contributed by atoms with E-state index < -0.39 is 0 Å². The molecule has 0 amide bonds. The minimum absolute atomic E-state index is 0.653. The number of aryl methyl sites for hydroxylation is 1. The molecule has 0 bridgehead atoms. The second-order valence-corrected chi connectivity index (χ2v) is 7.88. The van der Waals surface area contributed by atoms with Crippen molar-refractivity contribution >= 4 is 5.82 Å². The Bertz CT molecular complexity index is 1020. The van der Waals surface area contributed by atoms with Gasteiger partial charge < -0.3 is 10.6 Å². The summed E-state index contributed by atoms with van der Waals surface area (Å²) in [6.45, 7) is 5.39. The highest BCUT2D eigenvalue weighted by atomic mass is 15.3. The van der Waals surface area contributed by atoms with Crippen molar-refractivity contribution in [3.8, 4) is 23.0 Å². The van der Waals surface area contributed by atoms with Gasteiger partial charge >= 0.3 is 0 Å². The number of fused-ring (bicyclic) bond motifs is 1. The van der Waals surface area contributed by atoms with Crippen LogP contribution < -0.4 is 10.6 Å². The fourth-order valence-electron chi connectivity index (χ4n) is 4.34. The summed E-state index contributed by atoms with van der Waals surface area (Å²) in [5.74, 6) is 3.34. The molecule has 1 aliphatic carbocycles. The molecule has 1 saturated carbocycles. The van der Waals surface area contributed by atoms with Crippen molar-refractivity contribution in [2.24, 2.45) is 17.8 Å². The molecule has 2 unspecified atom stereocenters. The summed E-state index contributed by atoms with van der Waals surface area (Å²) < 4.78 is 1.96. The lowest BCUT2D eigenvalue weighted by molar-refractivity contribution is 0.614. The van der Waals surface area contributed by atoms with Crippen LogP contribution in [0.3, 0.4) is 0 Å². The number of hydrogen-bond acceptors (Lipinski definition) is 4. The summed E-state index contributed by atoms with van der Waals surface area (Å²) >= 11 is 0. The standard InChI is InChI=1S/C23H23N5/c1-15-2-6-17(7-3-15)22-10-23(26-14-21-19-12-25-13-20(19)21)27-28(22)18-8-4-16(11-24)5-9-18/h2-10,19-21,25H,12-14H2,1H3,(H,26,27). The number of nitriles is 1. The highest BCUT2D eigenvalue weighted by molar-refractivity contribution is 5.66. The van der Waals surface area contributed by atoms with Gasteiger partial charge in [-0.05, 0) is 62.0 Å². The number of hydrogen-bond donors (Lipinski definition) is 2. The first-order valence-electron chi connectivity index (χ1n) is 9.85. The third-order valence-electron chi connectivity index (χ3n) is 6.09. The molecular formula is C23H23N5. The maximum Gasteiger partial charge on any atom is 0.149 e. The predicted octanol–water partition coefficient (Wildman–Crippen LogP) is 3.60. The molecule has 3 aromatic rings. The summed E-state index contributed by atoms with van der Waals surface area (Å²) in [6.07, 6.45) is 0. The predicted molar refractivity (Wildman–Crippen MR) is 110 cm³/mol. The fourth-order valence-corrected chi connectivity index (χ4v) is 4.34. The molecule has 28 heavy (non-hydrogen) atoms. The number of piperidine rings is 1. The average Bonchev–Trinajstić information content (AvgIpc) is 3.07. The third kappa shape index (κ3) is 3.06. The molecule has 2 aliphatic rings. The smallest absolute Gasteiger partial charge is 0.149 e. The lowest BCUT2D eigenvalue weighted by atomic mass is 10.1. The monoisotopic (exact) mass is 369 g/mol. The minimum atomic E-state index is 0.653. The number of nitrogens with zero attached hydrogens (tertiary/aromatic N) is 3. The van der Waals surface area contributed by atoms with Crippen molar-refractivity contribution in [1.29, 1.82) is 5.26 Å². The molecule has 0 spiro atoms. The zero-order chi connectivity index (χ0) is 19.1. The number of nitrogens with one attached hydrogen (secondary N) is 2. The molecule has 1 aliphatic heterocycles. The van der Waals surface area contributed by atoms with E-state index in [1.54, 1.807) is 0 Å². The molecule has 2 fully saturated rings. The third-order valence-corrected chi connectivity index (χ3v) is 6.09. The van der Waals surface area contributed by atoms with E-state index >= 15 is 0 Å². The van der Waals surface area contributed by atoms with Gasteiger partial charge in [-0.25, -0.2) is 4.68 Å². The molecular weight excluding hydrogens is 346 g/mol. The van der Waals surface area contributed by atoms with E-state index in [1.807, 2.05) is 28.9 Å². The van der Waals surface area contributed by atoms with Gasteiger partial charge in [0.05, 0.1) is 23.0 Å². The molecule has 5 heteroatoms. The van der Waals surface area contributed by atoms with Crippen LogP contribution in [0, 0.1) is 36.0 Å². The Hall–Kier alpha value is -3.10. The Labute approximate surface area is 165 Å². The van der Waals surface area contributed by atoms with Crippen molar-refractivity contribution in [3.05, 3.63) is 65.7 Å². The first-order valence-corrected chi connectivity index (χ1v) is 9.85. The summed E-state index contributed by atoms with van der Waals surface area (Å²) in [5.41, 5.74) is 5.02. The van der Waals surface area contributed by atoms with E-state index in [1.165, 1.54) is 5.56 Å². The van der Waals surface area contributed by atoms with Crippen molar-refractivity contribution in [2.75, 3.05) is 25.0 Å². The minimum Gasteiger partial charge on any atom is -0.368 e. The van der Waals surface area contributed by atoms with Gasteiger partial charge in [0.15, 0.2) is 0 Å². The first kappa shape index (κ1) is 17.0. The van der Waals surface area contributed by atoms with Crippen LogP contribution >= 0.6 is 0 Å². The van der Waals surface area contributed by atoms with Crippen LogP contribution in [-0.2, 0) is 0 Å². The zero-order valence-electron chi connectivity index (χ0n) is 15.9. The molecule has 1 aromatic heterocycles. The highest BCUT2D eigenvalue weighted by Gasteiger charge is 2.52. The van der Waals surface area contributed by atoms with Crippen LogP contribution in [0.1, 0.15) is 11.1 Å². The quantitative estimate of drug-likeness (QED) is 0.721. The number of benzene rings is 2. The summed E-state index contributed by atoms with van der Waals surface area (Å²) in [6, 6.07) is 20.4. The summed E-state index contributed by atoms with van der Waals surface area (Å²) in [5, 5.41) is 20.9. The molecule has 0 radical (unpaired) electrons. The van der Waals surface area contributed by atoms with Gasteiger partial charge in [0.2, 0.25) is 0 Å². The Kier molecular flexibility index (Phi) is 4.14. The summed E-state index contributed by atoms with van der Waals surface area (Å²) in [4.78, 5) is 0. The maximum atomic E-state index is 9.07. The fraction of sp³-hybridized carbons (Fsp3) is 0.304. The normalized spacial score (nSPS) is 22.5. The first-order chi connectivity index (χ1) is 13.7. The van der Waals surface area contributed by atoms with Crippen LogP contribution in [0.5, 0.6) is 0 Å². The van der Waals surface area contributed by atoms with E-state index in [2.05, 4.69) is 54.0 Å². The molecule has 140 valence electrons. The van der Waals surface area contributed by atoms with Gasteiger partial charge in [-0.1, -0.05) is 29.8 Å². The van der Waals surface area contributed by atoms with E-state index in [0.29, 0.717) is 5.56 Å². The van der Waals surface area contributed by atoms with Crippen LogP contribution in [0.2, 0.25) is 0 Å². The van der Waals surface area contributed by atoms with Crippen molar-refractivity contribution < 1.29 is 0 Å². The Morgan fingerprint density at radius 2 is 1.82 bits per heavy atom. The van der Waals surface area contributed by atoms with E-state index in [4.69, 9.17) is 10.4 Å². The van der Waals surface area contributed by atoms with Crippen molar-refractivity contribution in [3.63, 3.8) is 0 Å². The number of rotatable bonds is 5. The van der Waals surface area contributed by atoms with E-state index in [-0.39, 0.29) is 0 Å². The molecule has 2 heterocycles. The zero-order valence-corrected chi connectivity index (χ0v) is 15.9. The van der Waals surface area contributed by atoms with E-state index in [9.17, 15) is 0 Å². The topological polar surface area (TPSA) is 65.7 Å². The maximum absolute atomic E-state index is 9.07. The Morgan fingerprint density at radius 1 is 1.11 bits per heavy atom. The van der Waals surface area contributed by atoms with Crippen LogP contribution in [0.4, 0.5) is 5.82 Å². The number of anilines is 1. The van der Waals surface area contributed by atoms with Crippen LogP contribution in [-0.4, -0.2) is 29.4 Å². The van der Waals surface area contributed by atoms with Gasteiger partial charge in [-0.15, -0.1) is 5.10 Å². The lowest BCUT2D eigenvalue weighted by Crippen LogP contribution is -2.18. The number of aromatic nitrogens is 2. The van der Waals surface area contributed by atoms with Gasteiger partial charge in [-0.2, -0.15) is 5.26 Å². The van der Waals surface area contributed by atoms with Crippen LogP contribution in [0.15, 0.2) is 54.6 Å². The van der Waals surface area contributed by atoms with Crippen molar-refractivity contribution in [1.82, 2.24) is 15.1 Å². The second kappa shape index (κ2) is 6.81. The van der Waals surface area contributed by atoms with Gasteiger partial charge in [0, 0.05) is 18.2 Å². The van der Waals surface area contributed by atoms with Crippen LogP contribution in [0.25, 0.3) is 16.9 Å². The Morgan fingerprint density at radius 3 is 2.50 bits per heavy atom. The lowest BCUT2D eigenvalue weighted by Gasteiger charge is -2.08. The van der Waals surface area contributed by atoms with Gasteiger partial charge in [-0.3, -0.25) is 0 Å². The molecule has 1 saturated heterocycles. The van der Waals surface area contributed by atoms with Gasteiger partial charge in [0.25, 0.3) is 0 Å². The average molecular weight is 369 g/mol. The highest BCUT2D eigenvalue weighted by Crippen LogP contribution is 2.48.